The third-order valence-electron chi connectivity index (χ3n) is 5.57. The highest BCUT2D eigenvalue weighted by Crippen LogP contribution is 2.18. The van der Waals surface area contributed by atoms with Crippen molar-refractivity contribution in [1.82, 2.24) is 14.7 Å². The Bertz CT molecular complexity index is 514. The van der Waals surface area contributed by atoms with Gasteiger partial charge >= 0.3 is 0 Å². The predicted molar refractivity (Wildman–Crippen MR) is 122 cm³/mol. The van der Waals surface area contributed by atoms with E-state index in [1.165, 1.54) is 4.90 Å². The molecule has 0 heterocycles. The highest BCUT2D eigenvalue weighted by molar-refractivity contribution is 7.99. The minimum atomic E-state index is -0.676. The van der Waals surface area contributed by atoms with Crippen molar-refractivity contribution in [3.05, 3.63) is 0 Å². The van der Waals surface area contributed by atoms with Crippen LogP contribution in [0.2, 0.25) is 0 Å². The Morgan fingerprint density at radius 3 is 2.03 bits per heavy atom. The van der Waals surface area contributed by atoms with E-state index in [9.17, 15) is 14.4 Å². The number of primary amides is 1. The number of hydrogen-bond donors (Lipinski definition) is 1. The van der Waals surface area contributed by atoms with Gasteiger partial charge in [0.2, 0.25) is 17.7 Å². The summed E-state index contributed by atoms with van der Waals surface area (Å²) < 4.78 is 0. The topological polar surface area (TPSA) is 87.0 Å². The van der Waals surface area contributed by atoms with Crippen LogP contribution in [-0.2, 0) is 14.4 Å². The lowest BCUT2D eigenvalue weighted by Gasteiger charge is -2.35. The number of carbonyl (C=O) groups is 3. The van der Waals surface area contributed by atoms with Crippen LogP contribution in [0.15, 0.2) is 0 Å². The van der Waals surface area contributed by atoms with Gasteiger partial charge in [0.05, 0.1) is 0 Å². The fourth-order valence-corrected chi connectivity index (χ4v) is 4.43. The van der Waals surface area contributed by atoms with Gasteiger partial charge in [0.15, 0.2) is 0 Å². The summed E-state index contributed by atoms with van der Waals surface area (Å²) in [6, 6.07) is -1.28. The average Bonchev–Trinajstić information content (AvgIpc) is 2.69. The molecule has 8 heteroatoms. The van der Waals surface area contributed by atoms with E-state index in [2.05, 4.69) is 18.7 Å². The van der Waals surface area contributed by atoms with Crippen LogP contribution < -0.4 is 5.73 Å². The fourth-order valence-electron chi connectivity index (χ4n) is 3.29. The molecule has 0 aliphatic carbocycles. The van der Waals surface area contributed by atoms with Crippen LogP contribution in [-0.4, -0.2) is 89.7 Å². The van der Waals surface area contributed by atoms with Crippen LogP contribution in [0.4, 0.5) is 0 Å². The summed E-state index contributed by atoms with van der Waals surface area (Å²) in [4.78, 5) is 43.1. The maximum atomic E-state index is 13.3. The highest BCUT2D eigenvalue weighted by Gasteiger charge is 2.35. The van der Waals surface area contributed by atoms with E-state index in [4.69, 9.17) is 5.73 Å². The largest absolute Gasteiger partial charge is 0.368 e. The van der Waals surface area contributed by atoms with Gasteiger partial charge in [0, 0.05) is 38.6 Å². The minimum Gasteiger partial charge on any atom is -0.368 e. The third-order valence-corrected chi connectivity index (χ3v) is 6.59. The van der Waals surface area contributed by atoms with Crippen LogP contribution in [0, 0.1) is 5.92 Å². The number of amides is 3. The normalized spacial score (nSPS) is 14.3. The predicted octanol–water partition coefficient (Wildman–Crippen LogP) is 2.05. The molecule has 3 amide bonds. The van der Waals surface area contributed by atoms with Crippen LogP contribution >= 0.6 is 11.8 Å². The zero-order valence-corrected chi connectivity index (χ0v) is 20.3. The second-order valence-electron chi connectivity index (χ2n) is 7.55. The Morgan fingerprint density at radius 1 is 1.00 bits per heavy atom. The van der Waals surface area contributed by atoms with Crippen molar-refractivity contribution in [1.29, 1.82) is 0 Å². The van der Waals surface area contributed by atoms with Crippen molar-refractivity contribution in [2.24, 2.45) is 11.7 Å². The first-order chi connectivity index (χ1) is 13.7. The van der Waals surface area contributed by atoms with Crippen molar-refractivity contribution in [2.75, 3.05) is 45.2 Å². The first-order valence-electron chi connectivity index (χ1n) is 10.8. The van der Waals surface area contributed by atoms with Gasteiger partial charge in [0.25, 0.3) is 0 Å². The quantitative estimate of drug-likeness (QED) is 0.402. The summed E-state index contributed by atoms with van der Waals surface area (Å²) in [5, 5.41) is 0. The Labute approximate surface area is 181 Å². The van der Waals surface area contributed by atoms with E-state index in [1.807, 2.05) is 20.8 Å². The molecule has 0 spiro atoms. The summed E-state index contributed by atoms with van der Waals surface area (Å²) in [7, 11) is 3.30. The maximum absolute atomic E-state index is 13.3. The van der Waals surface area contributed by atoms with E-state index in [0.717, 1.165) is 38.2 Å². The average molecular weight is 431 g/mol. The fraction of sp³-hybridized carbons (Fsp3) is 0.857. The molecule has 7 nitrogen and oxygen atoms in total. The number of nitrogens with zero attached hydrogens (tertiary/aromatic N) is 3. The van der Waals surface area contributed by atoms with Gasteiger partial charge in [-0.05, 0) is 25.4 Å². The Kier molecular flexibility index (Phi) is 14.0. The van der Waals surface area contributed by atoms with Gasteiger partial charge in [-0.1, -0.05) is 41.0 Å². The number of thioether (sulfide) groups is 1. The van der Waals surface area contributed by atoms with Gasteiger partial charge < -0.3 is 20.4 Å². The molecule has 2 N–H and O–H groups in total. The van der Waals surface area contributed by atoms with E-state index >= 15 is 0 Å². The number of likely N-dealkylation sites (N-methyl/N-ethyl adjacent to an activating group) is 2. The molecule has 0 aliphatic heterocycles. The van der Waals surface area contributed by atoms with Gasteiger partial charge in [-0.25, -0.2) is 0 Å². The van der Waals surface area contributed by atoms with E-state index < -0.39 is 18.0 Å². The molecule has 0 aromatic rings. The summed E-state index contributed by atoms with van der Waals surface area (Å²) in [6.45, 7) is 13.0. The first kappa shape index (κ1) is 27.7. The minimum absolute atomic E-state index is 0.0472. The molecule has 29 heavy (non-hydrogen) atoms. The zero-order chi connectivity index (χ0) is 22.6. The molecule has 0 fully saturated rings. The van der Waals surface area contributed by atoms with Crippen molar-refractivity contribution < 1.29 is 14.4 Å². The molecule has 3 atom stereocenters. The first-order valence-corrected chi connectivity index (χ1v) is 11.9. The van der Waals surface area contributed by atoms with Gasteiger partial charge in [-0.15, -0.1) is 0 Å². The molecule has 1 unspecified atom stereocenters. The number of carbonyl (C=O) groups excluding carboxylic acids is 3. The molecule has 0 aliphatic rings. The molecule has 0 saturated carbocycles. The van der Waals surface area contributed by atoms with Gasteiger partial charge in [-0.2, -0.15) is 11.8 Å². The number of nitrogens with two attached hydrogens (primary N) is 1. The van der Waals surface area contributed by atoms with Crippen LogP contribution in [0.1, 0.15) is 53.9 Å². The SMILES string of the molecule is CCCC(=O)N(C)[C@H](CSCCN(CC)CC)C(=O)N(C)[C@H](C(N)=O)C(C)CC. The highest BCUT2D eigenvalue weighted by atomic mass is 32.2. The van der Waals surface area contributed by atoms with E-state index in [1.54, 1.807) is 30.8 Å². The second kappa shape index (κ2) is 14.7. The molecule has 0 aromatic carbocycles. The van der Waals surface area contributed by atoms with Crippen LogP contribution in [0.25, 0.3) is 0 Å². The molecular formula is C21H42N4O3S. The molecule has 0 radical (unpaired) electrons. The summed E-state index contributed by atoms with van der Waals surface area (Å²) in [5.41, 5.74) is 5.60. The Hall–Kier alpha value is -1.28. The summed E-state index contributed by atoms with van der Waals surface area (Å²) >= 11 is 1.67. The van der Waals surface area contributed by atoms with Crippen LogP contribution in [0.5, 0.6) is 0 Å². The molecule has 0 rings (SSSR count). The summed E-state index contributed by atoms with van der Waals surface area (Å²) in [5.74, 6) is 0.553. The van der Waals surface area contributed by atoms with Crippen molar-refractivity contribution >= 4 is 29.5 Å². The standard InChI is InChI=1S/C21H42N4O3S/c1-8-12-18(26)23(6)17(15-29-14-13-25(10-3)11-4)21(28)24(7)19(20(22)27)16(5)9-2/h16-17,19H,8-15H2,1-7H3,(H2,22,27)/t16?,17-,19+/m1/s1. The molecule has 0 saturated heterocycles. The zero-order valence-electron chi connectivity index (χ0n) is 19.4. The number of hydrogen-bond acceptors (Lipinski definition) is 5. The van der Waals surface area contributed by atoms with E-state index in [-0.39, 0.29) is 17.7 Å². The number of rotatable bonds is 15. The van der Waals surface area contributed by atoms with E-state index in [0.29, 0.717) is 12.2 Å². The molecule has 0 aromatic heterocycles. The van der Waals surface area contributed by atoms with Crippen molar-refractivity contribution in [2.45, 2.75) is 66.0 Å². The lowest BCUT2D eigenvalue weighted by molar-refractivity contribution is -0.147. The molecular weight excluding hydrogens is 388 g/mol. The van der Waals surface area contributed by atoms with Crippen molar-refractivity contribution in [3.8, 4) is 0 Å². The Morgan fingerprint density at radius 2 is 1.59 bits per heavy atom. The molecule has 0 bridgehead atoms. The Balaban J connectivity index is 5.36. The lowest BCUT2D eigenvalue weighted by atomic mass is 9.96. The lowest BCUT2D eigenvalue weighted by Crippen LogP contribution is -2.56. The third kappa shape index (κ3) is 8.95. The van der Waals surface area contributed by atoms with Gasteiger partial charge in [-0.3, -0.25) is 14.4 Å². The van der Waals surface area contributed by atoms with Crippen molar-refractivity contribution in [3.63, 3.8) is 0 Å². The monoisotopic (exact) mass is 430 g/mol. The van der Waals surface area contributed by atoms with Crippen LogP contribution in [0.3, 0.4) is 0 Å². The second-order valence-corrected chi connectivity index (χ2v) is 8.70. The maximum Gasteiger partial charge on any atom is 0.246 e. The smallest absolute Gasteiger partial charge is 0.246 e. The molecule has 170 valence electrons. The summed E-state index contributed by atoms with van der Waals surface area (Å²) in [6.07, 6.45) is 1.86. The van der Waals surface area contributed by atoms with Gasteiger partial charge in [0.1, 0.15) is 12.1 Å².